The van der Waals surface area contributed by atoms with E-state index >= 15 is 0 Å². The Bertz CT molecular complexity index is 312. The second-order valence-corrected chi connectivity index (χ2v) is 3.90. The van der Waals surface area contributed by atoms with Gasteiger partial charge < -0.3 is 20.1 Å². The molecule has 0 bridgehead atoms. The monoisotopic (exact) mass is 244 g/mol. The number of nitrogens with one attached hydrogen (secondary N) is 1. The smallest absolute Gasteiger partial charge is 0.417 e. The Morgan fingerprint density at radius 3 is 2.71 bits per heavy atom. The van der Waals surface area contributed by atoms with E-state index in [9.17, 15) is 14.4 Å². The molecule has 17 heavy (non-hydrogen) atoms. The average molecular weight is 244 g/mol. The standard InChI is InChI=1S/C10H16N2O5/c1-12(6-4-8(13)14)10(16)17-9(15)7-3-2-5-11-7/h7,11H,2-6H2,1H3,(H,13,14)/t7-/m0/s1. The van der Waals surface area contributed by atoms with Gasteiger partial charge in [0.1, 0.15) is 6.04 Å². The SMILES string of the molecule is CN(CCC(=O)O)C(=O)OC(=O)[C@@H]1CCCN1. The lowest BCUT2D eigenvalue weighted by atomic mass is 10.2. The molecule has 1 heterocycles. The summed E-state index contributed by atoms with van der Waals surface area (Å²) in [4.78, 5) is 34.2. The number of ether oxygens (including phenoxy) is 1. The van der Waals surface area contributed by atoms with Crippen LogP contribution in [0, 0.1) is 0 Å². The van der Waals surface area contributed by atoms with E-state index in [1.807, 2.05) is 0 Å². The number of esters is 1. The van der Waals surface area contributed by atoms with Crippen molar-refractivity contribution in [2.75, 3.05) is 20.1 Å². The zero-order valence-corrected chi connectivity index (χ0v) is 9.64. The summed E-state index contributed by atoms with van der Waals surface area (Å²) >= 11 is 0. The zero-order valence-electron chi connectivity index (χ0n) is 9.64. The largest absolute Gasteiger partial charge is 0.481 e. The van der Waals surface area contributed by atoms with Crippen molar-refractivity contribution in [1.29, 1.82) is 0 Å². The van der Waals surface area contributed by atoms with Crippen LogP contribution >= 0.6 is 0 Å². The van der Waals surface area contributed by atoms with Crippen LogP contribution in [0.15, 0.2) is 0 Å². The van der Waals surface area contributed by atoms with E-state index in [0.29, 0.717) is 6.42 Å². The minimum atomic E-state index is -1.01. The lowest BCUT2D eigenvalue weighted by Crippen LogP contribution is -2.38. The van der Waals surface area contributed by atoms with Crippen LogP contribution in [0.4, 0.5) is 4.79 Å². The van der Waals surface area contributed by atoms with Gasteiger partial charge in [-0.1, -0.05) is 0 Å². The molecule has 0 saturated carbocycles. The van der Waals surface area contributed by atoms with E-state index in [-0.39, 0.29) is 13.0 Å². The molecule has 1 rings (SSSR count). The summed E-state index contributed by atoms with van der Waals surface area (Å²) in [5, 5.41) is 11.4. The van der Waals surface area contributed by atoms with Crippen molar-refractivity contribution in [1.82, 2.24) is 10.2 Å². The maximum absolute atomic E-state index is 11.4. The summed E-state index contributed by atoms with van der Waals surface area (Å²) in [6.45, 7) is 0.752. The molecular weight excluding hydrogens is 228 g/mol. The van der Waals surface area contributed by atoms with Gasteiger partial charge in [-0.05, 0) is 19.4 Å². The van der Waals surface area contributed by atoms with Gasteiger partial charge in [0.2, 0.25) is 0 Å². The summed E-state index contributed by atoms with van der Waals surface area (Å²) in [6, 6.07) is -0.424. The molecule has 1 aliphatic heterocycles. The molecule has 96 valence electrons. The summed E-state index contributed by atoms with van der Waals surface area (Å²) in [7, 11) is 1.39. The number of carboxylic acid groups (broad SMARTS) is 1. The number of hydrogen-bond acceptors (Lipinski definition) is 5. The Balaban J connectivity index is 2.31. The molecule has 7 nitrogen and oxygen atoms in total. The number of aliphatic carboxylic acids is 1. The number of rotatable bonds is 4. The van der Waals surface area contributed by atoms with Gasteiger partial charge in [-0.25, -0.2) is 9.59 Å². The van der Waals surface area contributed by atoms with Gasteiger partial charge >= 0.3 is 18.0 Å². The fourth-order valence-electron chi connectivity index (χ4n) is 1.48. The minimum absolute atomic E-state index is 0.0134. The second-order valence-electron chi connectivity index (χ2n) is 3.90. The Morgan fingerprint density at radius 1 is 1.47 bits per heavy atom. The molecule has 1 saturated heterocycles. The normalized spacial score (nSPS) is 18.8. The third-order valence-electron chi connectivity index (χ3n) is 2.51. The number of hydrogen-bond donors (Lipinski definition) is 2. The summed E-state index contributed by atoms with van der Waals surface area (Å²) < 4.78 is 4.62. The Labute approximate surface area is 98.7 Å². The average Bonchev–Trinajstić information content (AvgIpc) is 2.78. The third-order valence-corrected chi connectivity index (χ3v) is 2.51. The van der Waals surface area contributed by atoms with E-state index in [2.05, 4.69) is 10.1 Å². The highest BCUT2D eigenvalue weighted by molar-refractivity contribution is 5.87. The molecule has 0 aromatic heterocycles. The minimum Gasteiger partial charge on any atom is -0.481 e. The first-order valence-electron chi connectivity index (χ1n) is 5.42. The molecule has 0 aliphatic carbocycles. The molecule has 7 heteroatoms. The molecule has 1 fully saturated rings. The van der Waals surface area contributed by atoms with Gasteiger partial charge in [0.25, 0.3) is 0 Å². The van der Waals surface area contributed by atoms with E-state index in [1.54, 1.807) is 0 Å². The number of carbonyl (C=O) groups excluding carboxylic acids is 2. The molecule has 1 aliphatic rings. The second kappa shape index (κ2) is 6.19. The van der Waals surface area contributed by atoms with Gasteiger partial charge in [0.15, 0.2) is 0 Å². The molecule has 0 aromatic rings. The fourth-order valence-corrected chi connectivity index (χ4v) is 1.48. The van der Waals surface area contributed by atoms with Crippen molar-refractivity contribution in [3.05, 3.63) is 0 Å². The van der Waals surface area contributed by atoms with Crippen LogP contribution in [-0.4, -0.2) is 54.2 Å². The Morgan fingerprint density at radius 2 is 2.18 bits per heavy atom. The van der Waals surface area contributed by atoms with Crippen LogP contribution in [0.1, 0.15) is 19.3 Å². The first kappa shape index (κ1) is 13.4. The fraction of sp³-hybridized carbons (Fsp3) is 0.700. The highest BCUT2D eigenvalue weighted by atomic mass is 16.6. The molecule has 1 atom stereocenters. The van der Waals surface area contributed by atoms with Crippen molar-refractivity contribution >= 4 is 18.0 Å². The highest BCUT2D eigenvalue weighted by Gasteiger charge is 2.26. The maximum atomic E-state index is 11.4. The topological polar surface area (TPSA) is 95.9 Å². The maximum Gasteiger partial charge on any atom is 0.417 e. The molecular formula is C10H16N2O5. The van der Waals surface area contributed by atoms with Crippen LogP contribution in [0.5, 0.6) is 0 Å². The van der Waals surface area contributed by atoms with Crippen LogP contribution in [-0.2, 0) is 14.3 Å². The van der Waals surface area contributed by atoms with Crippen molar-refractivity contribution in [2.45, 2.75) is 25.3 Å². The summed E-state index contributed by atoms with van der Waals surface area (Å²) in [5.74, 6) is -1.61. The van der Waals surface area contributed by atoms with Crippen molar-refractivity contribution in [3.8, 4) is 0 Å². The van der Waals surface area contributed by atoms with Crippen molar-refractivity contribution in [2.24, 2.45) is 0 Å². The quantitative estimate of drug-likeness (QED) is 0.525. The predicted octanol–water partition coefficient (Wildman–Crippen LogP) is -0.192. The van der Waals surface area contributed by atoms with Crippen molar-refractivity contribution < 1.29 is 24.2 Å². The molecule has 0 aromatic carbocycles. The first-order chi connectivity index (χ1) is 8.00. The van der Waals surface area contributed by atoms with Crippen LogP contribution in [0.2, 0.25) is 0 Å². The lowest BCUT2D eigenvalue weighted by molar-refractivity contribution is -0.140. The Hall–Kier alpha value is -1.63. The molecule has 0 radical (unpaired) electrons. The van der Waals surface area contributed by atoms with Crippen LogP contribution in [0.25, 0.3) is 0 Å². The van der Waals surface area contributed by atoms with Gasteiger partial charge in [-0.2, -0.15) is 0 Å². The van der Waals surface area contributed by atoms with E-state index in [4.69, 9.17) is 5.11 Å². The first-order valence-corrected chi connectivity index (χ1v) is 5.42. The van der Waals surface area contributed by atoms with E-state index in [1.165, 1.54) is 7.05 Å². The van der Waals surface area contributed by atoms with Gasteiger partial charge in [0, 0.05) is 13.6 Å². The summed E-state index contributed by atoms with van der Waals surface area (Å²) in [5.41, 5.74) is 0. The van der Waals surface area contributed by atoms with Crippen molar-refractivity contribution in [3.63, 3.8) is 0 Å². The molecule has 2 N–H and O–H groups in total. The zero-order chi connectivity index (χ0) is 12.8. The van der Waals surface area contributed by atoms with Crippen LogP contribution < -0.4 is 5.32 Å². The Kier molecular flexibility index (Phi) is 4.89. The number of carboxylic acids is 1. The molecule has 1 amide bonds. The summed E-state index contributed by atoms with van der Waals surface area (Å²) in [6.07, 6.45) is 0.542. The number of nitrogens with zero attached hydrogens (tertiary/aromatic N) is 1. The molecule has 0 unspecified atom stereocenters. The van der Waals surface area contributed by atoms with Gasteiger partial charge in [0.05, 0.1) is 6.42 Å². The third kappa shape index (κ3) is 4.39. The number of amides is 1. The number of carbonyl (C=O) groups is 3. The van der Waals surface area contributed by atoms with Gasteiger partial charge in [-0.3, -0.25) is 4.79 Å². The van der Waals surface area contributed by atoms with Crippen LogP contribution in [0.3, 0.4) is 0 Å². The van der Waals surface area contributed by atoms with E-state index in [0.717, 1.165) is 17.9 Å². The van der Waals surface area contributed by atoms with E-state index < -0.39 is 24.1 Å². The predicted molar refractivity (Wildman–Crippen MR) is 57.4 cm³/mol. The lowest BCUT2D eigenvalue weighted by Gasteiger charge is -2.16. The van der Waals surface area contributed by atoms with Gasteiger partial charge in [-0.15, -0.1) is 0 Å². The molecule has 0 spiro atoms. The highest BCUT2D eigenvalue weighted by Crippen LogP contribution is 2.07.